The van der Waals surface area contributed by atoms with Crippen molar-refractivity contribution in [3.05, 3.63) is 34.6 Å². The molecule has 2 heterocycles. The van der Waals surface area contributed by atoms with Gasteiger partial charge in [0.1, 0.15) is 5.15 Å². The van der Waals surface area contributed by atoms with Gasteiger partial charge >= 0.3 is 0 Å². The van der Waals surface area contributed by atoms with Gasteiger partial charge in [0.2, 0.25) is 0 Å². The number of nitrogens with one attached hydrogen (secondary N) is 1. The van der Waals surface area contributed by atoms with E-state index in [0.717, 1.165) is 11.5 Å². The van der Waals surface area contributed by atoms with Crippen LogP contribution in [0.25, 0.3) is 5.57 Å². The third-order valence-corrected chi connectivity index (χ3v) is 4.07. The highest BCUT2D eigenvalue weighted by Gasteiger charge is 2.31. The fraction of sp³-hybridized carbons (Fsp3) is 0.462. The zero-order valence-corrected chi connectivity index (χ0v) is 10.1. The molecule has 1 aliphatic carbocycles. The second-order valence-electron chi connectivity index (χ2n) is 4.76. The summed E-state index contributed by atoms with van der Waals surface area (Å²) in [4.78, 5) is 4.22. The molecule has 0 bridgehead atoms. The maximum Gasteiger partial charge on any atom is 0.131 e. The van der Waals surface area contributed by atoms with Crippen LogP contribution in [0.2, 0.25) is 5.15 Å². The van der Waals surface area contributed by atoms with Gasteiger partial charge in [0.15, 0.2) is 0 Å². The molecule has 1 N–H and O–H groups in total. The third kappa shape index (κ3) is 1.66. The van der Waals surface area contributed by atoms with Crippen molar-refractivity contribution in [2.24, 2.45) is 5.92 Å². The molecule has 3 rings (SSSR count). The Balaban J connectivity index is 1.91. The molecule has 0 saturated carbocycles. The molecule has 2 nitrogen and oxygen atoms in total. The van der Waals surface area contributed by atoms with Gasteiger partial charge in [0.05, 0.1) is 0 Å². The second-order valence-corrected chi connectivity index (χ2v) is 5.11. The molecular weight excluding hydrogens is 220 g/mol. The van der Waals surface area contributed by atoms with Gasteiger partial charge in [0, 0.05) is 18.8 Å². The number of fused-ring (bicyclic) bond motifs is 1. The Bertz CT molecular complexity index is 453. The van der Waals surface area contributed by atoms with Crippen LogP contribution < -0.4 is 5.32 Å². The highest BCUT2D eigenvalue weighted by molar-refractivity contribution is 6.30. The summed E-state index contributed by atoms with van der Waals surface area (Å²) in [7, 11) is 0. The summed E-state index contributed by atoms with van der Waals surface area (Å²) < 4.78 is 0. The van der Waals surface area contributed by atoms with Crippen LogP contribution in [0.15, 0.2) is 18.3 Å². The largest absolute Gasteiger partial charge is 0.310 e. The number of allylic oxidation sites excluding steroid dienone is 1. The lowest BCUT2D eigenvalue weighted by Crippen LogP contribution is -2.52. The molecule has 1 aromatic rings. The number of aryl methyl sites for hydroxylation is 1. The number of halogens is 1. The summed E-state index contributed by atoms with van der Waals surface area (Å²) in [5.41, 5.74) is 3.71. The van der Waals surface area contributed by atoms with Gasteiger partial charge in [0.25, 0.3) is 0 Å². The third-order valence-electron chi connectivity index (χ3n) is 3.67. The average molecular weight is 235 g/mol. The van der Waals surface area contributed by atoms with Crippen molar-refractivity contribution in [2.45, 2.75) is 25.8 Å². The molecule has 0 spiro atoms. The Morgan fingerprint density at radius 2 is 2.38 bits per heavy atom. The number of aromatic nitrogens is 1. The SMILES string of the molecule is Cc1cc(C2=C[C@H]3NC[C@H]3CC2)cnc1Cl. The molecule has 2 aliphatic rings. The van der Waals surface area contributed by atoms with E-state index in [2.05, 4.69) is 22.4 Å². The molecule has 84 valence electrons. The number of rotatable bonds is 1. The Kier molecular flexibility index (Phi) is 2.49. The summed E-state index contributed by atoms with van der Waals surface area (Å²) in [5.74, 6) is 0.866. The van der Waals surface area contributed by atoms with Crippen molar-refractivity contribution in [1.29, 1.82) is 0 Å². The Morgan fingerprint density at radius 1 is 1.50 bits per heavy atom. The highest BCUT2D eigenvalue weighted by atomic mass is 35.5. The molecule has 16 heavy (non-hydrogen) atoms. The van der Waals surface area contributed by atoms with Crippen LogP contribution in [0.4, 0.5) is 0 Å². The van der Waals surface area contributed by atoms with E-state index in [0.29, 0.717) is 11.2 Å². The predicted molar refractivity (Wildman–Crippen MR) is 66.5 cm³/mol. The molecule has 1 fully saturated rings. The van der Waals surface area contributed by atoms with Crippen molar-refractivity contribution in [3.63, 3.8) is 0 Å². The van der Waals surface area contributed by atoms with E-state index in [9.17, 15) is 0 Å². The Hall–Kier alpha value is -0.860. The van der Waals surface area contributed by atoms with Gasteiger partial charge in [-0.3, -0.25) is 0 Å². The molecule has 1 aliphatic heterocycles. The highest BCUT2D eigenvalue weighted by Crippen LogP contribution is 2.34. The minimum atomic E-state index is 0.597. The van der Waals surface area contributed by atoms with E-state index in [1.165, 1.54) is 30.5 Å². The number of hydrogen-bond donors (Lipinski definition) is 1. The van der Waals surface area contributed by atoms with Gasteiger partial charge in [-0.2, -0.15) is 0 Å². The summed E-state index contributed by atoms with van der Waals surface area (Å²) in [6.07, 6.45) is 6.72. The fourth-order valence-electron chi connectivity index (χ4n) is 2.51. The zero-order chi connectivity index (χ0) is 11.1. The normalized spacial score (nSPS) is 28.0. The second kappa shape index (κ2) is 3.86. The minimum absolute atomic E-state index is 0.597. The summed E-state index contributed by atoms with van der Waals surface area (Å²) >= 11 is 5.94. The number of hydrogen-bond acceptors (Lipinski definition) is 2. The van der Waals surface area contributed by atoms with Gasteiger partial charge in [-0.25, -0.2) is 4.98 Å². The van der Waals surface area contributed by atoms with E-state index in [-0.39, 0.29) is 0 Å². The topological polar surface area (TPSA) is 24.9 Å². The van der Waals surface area contributed by atoms with Gasteiger partial charge in [-0.05, 0) is 48.4 Å². The molecule has 0 radical (unpaired) electrons. The van der Waals surface area contributed by atoms with Crippen LogP contribution in [0, 0.1) is 12.8 Å². The van der Waals surface area contributed by atoms with Crippen LogP contribution in [0.1, 0.15) is 24.0 Å². The van der Waals surface area contributed by atoms with E-state index >= 15 is 0 Å². The quantitative estimate of drug-likeness (QED) is 0.756. The molecule has 0 amide bonds. The van der Waals surface area contributed by atoms with Gasteiger partial charge in [-0.15, -0.1) is 0 Å². The lowest BCUT2D eigenvalue weighted by atomic mass is 9.79. The van der Waals surface area contributed by atoms with Crippen LogP contribution in [-0.2, 0) is 0 Å². The molecule has 0 aromatic carbocycles. The first kappa shape index (κ1) is 10.3. The first-order valence-electron chi connectivity index (χ1n) is 5.80. The van der Waals surface area contributed by atoms with E-state index < -0.39 is 0 Å². The molecule has 1 saturated heterocycles. The van der Waals surface area contributed by atoms with E-state index in [1.54, 1.807) is 0 Å². The van der Waals surface area contributed by atoms with Crippen LogP contribution in [0.3, 0.4) is 0 Å². The smallest absolute Gasteiger partial charge is 0.131 e. The van der Waals surface area contributed by atoms with Crippen molar-refractivity contribution in [3.8, 4) is 0 Å². The summed E-state index contributed by atoms with van der Waals surface area (Å²) in [6.45, 7) is 3.19. The van der Waals surface area contributed by atoms with Gasteiger partial charge < -0.3 is 5.32 Å². The first-order valence-corrected chi connectivity index (χ1v) is 6.18. The molecular formula is C13H15ClN2. The molecule has 1 aromatic heterocycles. The summed E-state index contributed by atoms with van der Waals surface area (Å²) in [6, 6.07) is 2.74. The monoisotopic (exact) mass is 234 g/mol. The van der Waals surface area contributed by atoms with Crippen molar-refractivity contribution < 1.29 is 0 Å². The number of nitrogens with zero attached hydrogens (tertiary/aromatic N) is 1. The minimum Gasteiger partial charge on any atom is -0.310 e. The molecule has 0 unspecified atom stereocenters. The summed E-state index contributed by atoms with van der Waals surface area (Å²) in [5, 5.41) is 4.06. The van der Waals surface area contributed by atoms with Crippen molar-refractivity contribution in [1.82, 2.24) is 10.3 Å². The van der Waals surface area contributed by atoms with Crippen molar-refractivity contribution >= 4 is 17.2 Å². The molecule has 3 heteroatoms. The van der Waals surface area contributed by atoms with E-state index in [4.69, 9.17) is 11.6 Å². The van der Waals surface area contributed by atoms with Crippen LogP contribution >= 0.6 is 11.6 Å². The van der Waals surface area contributed by atoms with Crippen LogP contribution in [0.5, 0.6) is 0 Å². The Labute approximate surface area is 101 Å². The predicted octanol–water partition coefficient (Wildman–Crippen LogP) is 2.81. The first-order chi connectivity index (χ1) is 7.74. The fourth-order valence-corrected chi connectivity index (χ4v) is 2.62. The number of pyridine rings is 1. The lowest BCUT2D eigenvalue weighted by Gasteiger charge is -2.40. The standard InChI is InChI=1S/C13H15ClN2/c1-8-4-11(7-16-13(8)14)9-2-3-10-6-15-12(10)5-9/h4-5,7,10,12,15H,2-3,6H2,1H3/t10-,12-/m1/s1. The lowest BCUT2D eigenvalue weighted by molar-refractivity contribution is 0.256. The maximum atomic E-state index is 5.94. The van der Waals surface area contributed by atoms with Crippen LogP contribution in [-0.4, -0.2) is 17.6 Å². The zero-order valence-electron chi connectivity index (χ0n) is 9.33. The average Bonchev–Trinajstić information content (AvgIpc) is 2.24. The van der Waals surface area contributed by atoms with E-state index in [1.807, 2.05) is 13.1 Å². The Morgan fingerprint density at radius 3 is 3.00 bits per heavy atom. The maximum absolute atomic E-state index is 5.94. The van der Waals surface area contributed by atoms with Crippen molar-refractivity contribution in [2.75, 3.05) is 6.54 Å². The molecule has 2 atom stereocenters. The van der Waals surface area contributed by atoms with Gasteiger partial charge in [-0.1, -0.05) is 17.7 Å².